The molecule has 0 aliphatic heterocycles. The molecule has 0 aliphatic carbocycles. The van der Waals surface area contributed by atoms with Crippen molar-refractivity contribution in [2.75, 3.05) is 25.5 Å². The summed E-state index contributed by atoms with van der Waals surface area (Å²) in [6, 6.07) is 5.76. The molecule has 1 aromatic carbocycles. The first kappa shape index (κ1) is 27.9. The Bertz CT molecular complexity index is 769. The molecule has 7 N–H and O–H groups in total. The number of nitrogens with one attached hydrogen (secondary N) is 4. The second kappa shape index (κ2) is 15.6. The fraction of sp³-hybridized carbons (Fsp3) is 0.565. The van der Waals surface area contributed by atoms with E-state index in [-0.39, 0.29) is 18.2 Å². The summed E-state index contributed by atoms with van der Waals surface area (Å²) in [5, 5.41) is 20.3. The molecule has 3 amide bonds. The van der Waals surface area contributed by atoms with Crippen LogP contribution in [0.25, 0.3) is 0 Å². The number of primary amides is 1. The summed E-state index contributed by atoms with van der Waals surface area (Å²) >= 11 is 0. The molecule has 0 aromatic heterocycles. The van der Waals surface area contributed by atoms with Gasteiger partial charge in [-0.2, -0.15) is 0 Å². The number of carbonyl (C=O) groups is 4. The van der Waals surface area contributed by atoms with Crippen molar-refractivity contribution in [3.8, 4) is 0 Å². The van der Waals surface area contributed by atoms with Gasteiger partial charge in [0, 0.05) is 30.8 Å². The summed E-state index contributed by atoms with van der Waals surface area (Å²) in [5.74, 6) is -2.11. The third-order valence-corrected chi connectivity index (χ3v) is 5.15. The lowest BCUT2D eigenvalue weighted by Gasteiger charge is -2.16. The first-order valence-corrected chi connectivity index (χ1v) is 11.4. The van der Waals surface area contributed by atoms with Crippen LogP contribution < -0.4 is 27.0 Å². The van der Waals surface area contributed by atoms with E-state index in [1.165, 1.54) is 0 Å². The predicted octanol–water partition coefficient (Wildman–Crippen LogP) is 1.22. The molecule has 0 fully saturated rings. The highest BCUT2D eigenvalue weighted by Gasteiger charge is 2.19. The maximum absolute atomic E-state index is 12.2. The Morgan fingerprint density at radius 3 is 2.21 bits per heavy atom. The molecule has 1 rings (SSSR count). The van der Waals surface area contributed by atoms with Gasteiger partial charge in [-0.05, 0) is 69.8 Å². The van der Waals surface area contributed by atoms with Crippen molar-refractivity contribution >= 4 is 29.4 Å². The van der Waals surface area contributed by atoms with Crippen LogP contribution in [0.1, 0.15) is 62.2 Å². The van der Waals surface area contributed by atoms with E-state index in [2.05, 4.69) is 28.2 Å². The van der Waals surface area contributed by atoms with Gasteiger partial charge in [-0.3, -0.25) is 19.2 Å². The number of hydrogen-bond acceptors (Lipinski definition) is 6. The summed E-state index contributed by atoms with van der Waals surface area (Å²) in [4.78, 5) is 46.9. The van der Waals surface area contributed by atoms with Gasteiger partial charge in [0.05, 0.1) is 0 Å². The minimum absolute atomic E-state index is 0.109. The Balaban J connectivity index is 2.30. The quantitative estimate of drug-likeness (QED) is 0.189. The summed E-state index contributed by atoms with van der Waals surface area (Å²) in [6.07, 6.45) is 3.39. The molecule has 10 nitrogen and oxygen atoms in total. The highest BCUT2D eigenvalue weighted by atomic mass is 16.4. The van der Waals surface area contributed by atoms with Gasteiger partial charge >= 0.3 is 5.97 Å². The van der Waals surface area contributed by atoms with Crippen LogP contribution in [0.2, 0.25) is 0 Å². The van der Waals surface area contributed by atoms with Crippen LogP contribution in [0.5, 0.6) is 0 Å². The first-order chi connectivity index (χ1) is 15.8. The Labute approximate surface area is 195 Å². The van der Waals surface area contributed by atoms with Crippen LogP contribution in [-0.2, 0) is 14.4 Å². The largest absolute Gasteiger partial charge is 0.480 e. The van der Waals surface area contributed by atoms with Crippen LogP contribution in [0, 0.1) is 0 Å². The molecule has 184 valence electrons. The lowest BCUT2D eigenvalue weighted by Crippen LogP contribution is -2.44. The monoisotopic (exact) mass is 463 g/mol. The van der Waals surface area contributed by atoms with Gasteiger partial charge in [-0.25, -0.2) is 0 Å². The highest BCUT2D eigenvalue weighted by Crippen LogP contribution is 2.10. The highest BCUT2D eigenvalue weighted by molar-refractivity contribution is 5.94. The molecular weight excluding hydrogens is 426 g/mol. The number of carbonyl (C=O) groups excluding carboxylic acids is 3. The second-order valence-electron chi connectivity index (χ2n) is 7.85. The molecule has 0 bridgehead atoms. The average molecular weight is 464 g/mol. The van der Waals surface area contributed by atoms with Crippen molar-refractivity contribution in [1.82, 2.24) is 16.0 Å². The normalized spacial score (nSPS) is 12.4. The molecule has 2 atom stereocenters. The Kier molecular flexibility index (Phi) is 13.2. The van der Waals surface area contributed by atoms with Crippen molar-refractivity contribution in [2.45, 2.75) is 64.0 Å². The summed E-state index contributed by atoms with van der Waals surface area (Å²) in [5.41, 5.74) is 6.93. The minimum Gasteiger partial charge on any atom is -0.480 e. The van der Waals surface area contributed by atoms with Crippen LogP contribution in [0.15, 0.2) is 24.3 Å². The maximum Gasteiger partial charge on any atom is 0.320 e. The molecule has 0 spiro atoms. The molecule has 1 aromatic rings. The topological polar surface area (TPSA) is 163 Å². The molecule has 0 unspecified atom stereocenters. The molecule has 0 aliphatic rings. The van der Waals surface area contributed by atoms with E-state index in [9.17, 15) is 19.2 Å². The molecule has 0 saturated carbocycles. The van der Waals surface area contributed by atoms with Gasteiger partial charge < -0.3 is 32.1 Å². The number of nitrogens with two attached hydrogens (primary N) is 1. The van der Waals surface area contributed by atoms with E-state index in [0.717, 1.165) is 18.7 Å². The Morgan fingerprint density at radius 1 is 0.970 bits per heavy atom. The zero-order valence-corrected chi connectivity index (χ0v) is 19.5. The van der Waals surface area contributed by atoms with E-state index in [4.69, 9.17) is 10.8 Å². The van der Waals surface area contributed by atoms with Crippen molar-refractivity contribution in [3.05, 3.63) is 29.8 Å². The number of hydrogen-bond donors (Lipinski definition) is 6. The molecule has 10 heteroatoms. The third-order valence-electron chi connectivity index (χ3n) is 5.15. The van der Waals surface area contributed by atoms with E-state index < -0.39 is 24.0 Å². The summed E-state index contributed by atoms with van der Waals surface area (Å²) < 4.78 is 0. The Morgan fingerprint density at radius 2 is 1.64 bits per heavy atom. The van der Waals surface area contributed by atoms with E-state index in [0.29, 0.717) is 44.2 Å². The zero-order valence-electron chi connectivity index (χ0n) is 19.5. The average Bonchev–Trinajstić information content (AvgIpc) is 2.79. The lowest BCUT2D eigenvalue weighted by atomic mass is 10.1. The number of rotatable bonds is 17. The molecule has 0 heterocycles. The fourth-order valence-corrected chi connectivity index (χ4v) is 3.20. The predicted molar refractivity (Wildman–Crippen MR) is 127 cm³/mol. The number of anilines is 1. The van der Waals surface area contributed by atoms with Gasteiger partial charge in [0.1, 0.15) is 12.1 Å². The standard InChI is InChI=1S/C23H37N5O5/c1-3-14-26-17-12-10-16(11-13-17)22(31)27-15-5-4-7-18(21(24)30)28-20(29)9-6-8-19(25-2)23(32)33/h10-13,18-19,25-26H,3-9,14-15H2,1-2H3,(H2,24,30)(H,27,31)(H,28,29)(H,32,33)/t18-,19-/m0/s1. The number of carboxylic acid groups (broad SMARTS) is 1. The minimum atomic E-state index is -0.971. The van der Waals surface area contributed by atoms with Crippen LogP contribution in [-0.4, -0.2) is 61.0 Å². The SMILES string of the molecule is CCCNc1ccc(C(=O)NCCCC[C@H](NC(=O)CCC[C@H](NC)C(=O)O)C(N)=O)cc1. The van der Waals surface area contributed by atoms with E-state index >= 15 is 0 Å². The summed E-state index contributed by atoms with van der Waals surface area (Å²) in [6.45, 7) is 3.40. The number of amides is 3. The number of benzene rings is 1. The van der Waals surface area contributed by atoms with Gasteiger partial charge in [-0.15, -0.1) is 0 Å². The van der Waals surface area contributed by atoms with E-state index in [1.807, 2.05) is 12.1 Å². The summed E-state index contributed by atoms with van der Waals surface area (Å²) in [7, 11) is 1.55. The second-order valence-corrected chi connectivity index (χ2v) is 7.85. The van der Waals surface area contributed by atoms with Crippen molar-refractivity contribution < 1.29 is 24.3 Å². The number of carboxylic acids is 1. The molecule has 0 radical (unpaired) electrons. The van der Waals surface area contributed by atoms with Crippen LogP contribution >= 0.6 is 0 Å². The van der Waals surface area contributed by atoms with Gasteiger partial charge in [-0.1, -0.05) is 6.92 Å². The van der Waals surface area contributed by atoms with Gasteiger partial charge in [0.25, 0.3) is 5.91 Å². The Hall–Kier alpha value is -3.14. The van der Waals surface area contributed by atoms with Gasteiger partial charge in [0.2, 0.25) is 11.8 Å². The third kappa shape index (κ3) is 11.3. The zero-order chi connectivity index (χ0) is 24.6. The molecule has 0 saturated heterocycles. The van der Waals surface area contributed by atoms with Crippen LogP contribution in [0.4, 0.5) is 5.69 Å². The van der Waals surface area contributed by atoms with Crippen molar-refractivity contribution in [3.63, 3.8) is 0 Å². The van der Waals surface area contributed by atoms with Crippen molar-refractivity contribution in [2.24, 2.45) is 5.73 Å². The number of likely N-dealkylation sites (N-methyl/N-ethyl adjacent to an activating group) is 1. The van der Waals surface area contributed by atoms with Crippen LogP contribution in [0.3, 0.4) is 0 Å². The molecule has 33 heavy (non-hydrogen) atoms. The number of unbranched alkanes of at least 4 members (excludes halogenated alkanes) is 1. The van der Waals surface area contributed by atoms with E-state index in [1.54, 1.807) is 19.2 Å². The fourth-order valence-electron chi connectivity index (χ4n) is 3.20. The number of aliphatic carboxylic acids is 1. The first-order valence-electron chi connectivity index (χ1n) is 11.4. The van der Waals surface area contributed by atoms with Gasteiger partial charge in [0.15, 0.2) is 0 Å². The maximum atomic E-state index is 12.2. The molecular formula is C23H37N5O5. The van der Waals surface area contributed by atoms with Crippen molar-refractivity contribution in [1.29, 1.82) is 0 Å². The smallest absolute Gasteiger partial charge is 0.320 e. The lowest BCUT2D eigenvalue weighted by molar-refractivity contribution is -0.139.